The van der Waals surface area contributed by atoms with Gasteiger partial charge < -0.3 is 16.2 Å². The zero-order valence-corrected chi connectivity index (χ0v) is 12.6. The maximum absolute atomic E-state index is 11.9. The van der Waals surface area contributed by atoms with Crippen LogP contribution in [0.4, 0.5) is 0 Å². The third-order valence-electron chi connectivity index (χ3n) is 2.46. The third kappa shape index (κ3) is 4.82. The largest absolute Gasteiger partial charge is 0.480 e. The number of carboxylic acid groups (broad SMARTS) is 1. The van der Waals surface area contributed by atoms with Crippen molar-refractivity contribution in [3.05, 3.63) is 33.3 Å². The molecule has 0 saturated heterocycles. The van der Waals surface area contributed by atoms with Crippen LogP contribution >= 0.6 is 27.5 Å². The van der Waals surface area contributed by atoms with Gasteiger partial charge in [-0.1, -0.05) is 27.5 Å². The second-order valence-electron chi connectivity index (χ2n) is 3.99. The highest BCUT2D eigenvalue weighted by Crippen LogP contribution is 2.21. The molecular formula is C12H12BrClN2O4. The molecule has 0 spiro atoms. The van der Waals surface area contributed by atoms with E-state index in [9.17, 15) is 14.4 Å². The van der Waals surface area contributed by atoms with Crippen molar-refractivity contribution in [1.82, 2.24) is 5.32 Å². The number of amides is 2. The molecule has 8 heteroatoms. The number of halogens is 2. The smallest absolute Gasteiger partial charge is 0.326 e. The Bertz CT molecular complexity index is 550. The Kier molecular flexibility index (Phi) is 5.97. The SMILES string of the molecule is NC(=O)CC[C@@H](NC(=O)c1ccc(Br)cc1Cl)C(=O)O. The average Bonchev–Trinajstić information content (AvgIpc) is 2.33. The van der Waals surface area contributed by atoms with E-state index in [1.54, 1.807) is 6.07 Å². The van der Waals surface area contributed by atoms with E-state index in [1.807, 2.05) is 0 Å². The number of carbonyl (C=O) groups excluding carboxylic acids is 2. The first-order valence-electron chi connectivity index (χ1n) is 5.58. The monoisotopic (exact) mass is 362 g/mol. The topological polar surface area (TPSA) is 109 Å². The lowest BCUT2D eigenvalue weighted by Gasteiger charge is -2.14. The van der Waals surface area contributed by atoms with Crippen LogP contribution in [-0.2, 0) is 9.59 Å². The summed E-state index contributed by atoms with van der Waals surface area (Å²) in [4.78, 5) is 33.6. The number of aliphatic carboxylic acids is 1. The standard InChI is InChI=1S/C12H12BrClN2O4/c13-6-1-2-7(8(14)5-6)11(18)16-9(12(19)20)3-4-10(15)17/h1-2,5,9H,3-4H2,(H2,15,17)(H,16,18)(H,19,20)/t9-/m1/s1. The number of rotatable bonds is 6. The first-order chi connectivity index (χ1) is 9.31. The quantitative estimate of drug-likeness (QED) is 0.712. The summed E-state index contributed by atoms with van der Waals surface area (Å²) in [5.74, 6) is -2.50. The fourth-order valence-electron chi connectivity index (χ4n) is 1.45. The van der Waals surface area contributed by atoms with Crippen LogP contribution in [-0.4, -0.2) is 28.9 Å². The first kappa shape index (κ1) is 16.5. The summed E-state index contributed by atoms with van der Waals surface area (Å²) in [6.07, 6.45) is -0.212. The molecule has 0 aliphatic rings. The Balaban J connectivity index is 2.80. The van der Waals surface area contributed by atoms with Crippen LogP contribution < -0.4 is 11.1 Å². The molecule has 0 aliphatic heterocycles. The summed E-state index contributed by atoms with van der Waals surface area (Å²) in [5.41, 5.74) is 5.11. The van der Waals surface area contributed by atoms with E-state index in [0.29, 0.717) is 4.47 Å². The van der Waals surface area contributed by atoms with Gasteiger partial charge in [0.25, 0.3) is 5.91 Å². The molecule has 0 fully saturated rings. The molecule has 6 nitrogen and oxygen atoms in total. The lowest BCUT2D eigenvalue weighted by atomic mass is 10.1. The molecule has 1 atom stereocenters. The van der Waals surface area contributed by atoms with Gasteiger partial charge in [0.2, 0.25) is 5.91 Å². The molecule has 0 heterocycles. The van der Waals surface area contributed by atoms with Gasteiger partial charge in [0.05, 0.1) is 10.6 Å². The maximum atomic E-state index is 11.9. The van der Waals surface area contributed by atoms with Gasteiger partial charge in [-0.15, -0.1) is 0 Å². The number of primary amides is 1. The highest BCUT2D eigenvalue weighted by molar-refractivity contribution is 9.10. The first-order valence-corrected chi connectivity index (χ1v) is 6.75. The second-order valence-corrected chi connectivity index (χ2v) is 5.32. The van der Waals surface area contributed by atoms with E-state index in [4.69, 9.17) is 22.4 Å². The number of carboxylic acids is 1. The van der Waals surface area contributed by atoms with Crippen molar-refractivity contribution in [2.45, 2.75) is 18.9 Å². The number of hydrogen-bond donors (Lipinski definition) is 3. The predicted molar refractivity (Wildman–Crippen MR) is 76.5 cm³/mol. The summed E-state index contributed by atoms with van der Waals surface area (Å²) in [6.45, 7) is 0. The lowest BCUT2D eigenvalue weighted by molar-refractivity contribution is -0.139. The molecule has 0 bridgehead atoms. The Morgan fingerprint density at radius 2 is 2.05 bits per heavy atom. The van der Waals surface area contributed by atoms with Crippen molar-refractivity contribution < 1.29 is 19.5 Å². The third-order valence-corrected chi connectivity index (χ3v) is 3.26. The predicted octanol–water partition coefficient (Wildman–Crippen LogP) is 1.55. The van der Waals surface area contributed by atoms with Crippen LogP contribution in [0.2, 0.25) is 5.02 Å². The van der Waals surface area contributed by atoms with Crippen molar-refractivity contribution >= 4 is 45.3 Å². The number of benzene rings is 1. The lowest BCUT2D eigenvalue weighted by Crippen LogP contribution is -2.41. The minimum absolute atomic E-state index is 0.0788. The summed E-state index contributed by atoms with van der Waals surface area (Å²) < 4.78 is 0.697. The van der Waals surface area contributed by atoms with Gasteiger partial charge in [-0.3, -0.25) is 9.59 Å². The number of carbonyl (C=O) groups is 3. The van der Waals surface area contributed by atoms with Crippen LogP contribution in [0.15, 0.2) is 22.7 Å². The van der Waals surface area contributed by atoms with Crippen molar-refractivity contribution in [2.75, 3.05) is 0 Å². The van der Waals surface area contributed by atoms with Crippen LogP contribution in [0, 0.1) is 0 Å². The molecular weight excluding hydrogens is 351 g/mol. The van der Waals surface area contributed by atoms with Gasteiger partial charge in [-0.2, -0.15) is 0 Å². The molecule has 20 heavy (non-hydrogen) atoms. The van der Waals surface area contributed by atoms with E-state index < -0.39 is 23.8 Å². The molecule has 1 aromatic rings. The van der Waals surface area contributed by atoms with E-state index >= 15 is 0 Å². The minimum atomic E-state index is -1.24. The van der Waals surface area contributed by atoms with E-state index in [-0.39, 0.29) is 23.4 Å². The van der Waals surface area contributed by atoms with Gasteiger partial charge in [0, 0.05) is 10.9 Å². The van der Waals surface area contributed by atoms with E-state index in [1.165, 1.54) is 12.1 Å². The highest BCUT2D eigenvalue weighted by Gasteiger charge is 2.22. The molecule has 1 aromatic carbocycles. The van der Waals surface area contributed by atoms with Gasteiger partial charge in [0.15, 0.2) is 0 Å². The summed E-state index contributed by atoms with van der Waals surface area (Å²) in [5, 5.41) is 11.5. The summed E-state index contributed by atoms with van der Waals surface area (Å²) in [6, 6.07) is 3.40. The molecule has 2 amide bonds. The fraction of sp³-hybridized carbons (Fsp3) is 0.250. The molecule has 1 rings (SSSR count). The van der Waals surface area contributed by atoms with Crippen LogP contribution in [0.5, 0.6) is 0 Å². The normalized spacial score (nSPS) is 11.7. The van der Waals surface area contributed by atoms with Crippen LogP contribution in [0.25, 0.3) is 0 Å². The zero-order valence-electron chi connectivity index (χ0n) is 10.2. The van der Waals surface area contributed by atoms with E-state index in [2.05, 4.69) is 21.2 Å². The van der Waals surface area contributed by atoms with Crippen molar-refractivity contribution in [2.24, 2.45) is 5.73 Å². The van der Waals surface area contributed by atoms with Crippen LogP contribution in [0.1, 0.15) is 23.2 Å². The molecule has 0 saturated carbocycles. The van der Waals surface area contributed by atoms with Crippen molar-refractivity contribution in [3.63, 3.8) is 0 Å². The summed E-state index contributed by atoms with van der Waals surface area (Å²) >= 11 is 9.10. The number of hydrogen-bond acceptors (Lipinski definition) is 3. The molecule has 0 aromatic heterocycles. The number of nitrogens with two attached hydrogens (primary N) is 1. The Morgan fingerprint density at radius 3 is 2.55 bits per heavy atom. The minimum Gasteiger partial charge on any atom is -0.480 e. The van der Waals surface area contributed by atoms with Crippen LogP contribution in [0.3, 0.4) is 0 Å². The average molecular weight is 364 g/mol. The zero-order chi connectivity index (χ0) is 15.3. The molecule has 108 valence electrons. The number of nitrogens with one attached hydrogen (secondary N) is 1. The van der Waals surface area contributed by atoms with E-state index in [0.717, 1.165) is 0 Å². The Morgan fingerprint density at radius 1 is 1.40 bits per heavy atom. The van der Waals surface area contributed by atoms with Crippen molar-refractivity contribution in [1.29, 1.82) is 0 Å². The second kappa shape index (κ2) is 7.25. The van der Waals surface area contributed by atoms with Gasteiger partial charge >= 0.3 is 5.97 Å². The van der Waals surface area contributed by atoms with Gasteiger partial charge in [-0.25, -0.2) is 4.79 Å². The molecule has 4 N–H and O–H groups in total. The highest BCUT2D eigenvalue weighted by atomic mass is 79.9. The molecule has 0 aliphatic carbocycles. The van der Waals surface area contributed by atoms with Gasteiger partial charge in [-0.05, 0) is 24.6 Å². The maximum Gasteiger partial charge on any atom is 0.326 e. The summed E-state index contributed by atoms with van der Waals surface area (Å²) in [7, 11) is 0. The Hall–Kier alpha value is -1.60. The molecule has 0 radical (unpaired) electrons. The Labute approximate surface area is 128 Å². The fourth-order valence-corrected chi connectivity index (χ4v) is 2.21. The van der Waals surface area contributed by atoms with Crippen molar-refractivity contribution in [3.8, 4) is 0 Å². The van der Waals surface area contributed by atoms with Gasteiger partial charge in [0.1, 0.15) is 6.04 Å². The molecule has 0 unspecified atom stereocenters.